The van der Waals surface area contributed by atoms with E-state index in [4.69, 9.17) is 28.4 Å². The van der Waals surface area contributed by atoms with Gasteiger partial charge in [-0.15, -0.1) is 0 Å². The molecule has 0 radical (unpaired) electrons. The topological polar surface area (TPSA) is 124 Å². The first-order valence-electron chi connectivity index (χ1n) is 22.2. The fourth-order valence-corrected chi connectivity index (χ4v) is 6.44. The minimum absolute atomic E-state index is 0.119. The number of hydrogen-bond donors (Lipinski definition) is 0. The van der Waals surface area contributed by atoms with E-state index in [1.54, 1.807) is 24.3 Å². The third-order valence-electron chi connectivity index (χ3n) is 10.0. The van der Waals surface area contributed by atoms with Gasteiger partial charge in [0.25, 0.3) is 0 Å². The number of carbonyl (C=O) groups is 4. The molecule has 3 rings (SSSR count). The van der Waals surface area contributed by atoms with E-state index in [9.17, 15) is 28.0 Å². The summed E-state index contributed by atoms with van der Waals surface area (Å²) in [5, 5.41) is 0. The van der Waals surface area contributed by atoms with Crippen LogP contribution in [-0.2, 0) is 19.1 Å². The Morgan fingerprint density at radius 3 is 0.984 bits per heavy atom. The number of ether oxygens (including phenoxy) is 6. The third-order valence-corrected chi connectivity index (χ3v) is 10.0. The standard InChI is InChI=1S/C50H64F2O10/c1-3-47(53)59-35-23-19-15-11-7-5-9-13-17-21-33-57-41-29-25-39(26-30-41)49(55)61-45-37-44(52)46(38-43(45)51)62-50(56)40-27-31-42(32-28-40)58-34-22-18-14-10-6-8-12-16-20-24-36-60-48(54)4-2/h3-4,25-32,37-38H,1-2,5-24,33-36H2. The number of esters is 4. The van der Waals surface area contributed by atoms with Crippen molar-refractivity contribution in [3.05, 3.63) is 109 Å². The second-order valence-corrected chi connectivity index (χ2v) is 15.1. The van der Waals surface area contributed by atoms with E-state index in [0.717, 1.165) is 77.0 Å². The van der Waals surface area contributed by atoms with Gasteiger partial charge in [-0.2, -0.15) is 0 Å². The van der Waals surface area contributed by atoms with Crippen molar-refractivity contribution in [2.24, 2.45) is 0 Å². The first-order valence-corrected chi connectivity index (χ1v) is 22.2. The van der Waals surface area contributed by atoms with Crippen LogP contribution in [0.5, 0.6) is 23.0 Å². The van der Waals surface area contributed by atoms with Crippen LogP contribution in [0.2, 0.25) is 0 Å². The van der Waals surface area contributed by atoms with Crippen molar-refractivity contribution in [1.82, 2.24) is 0 Å². The lowest BCUT2D eigenvalue weighted by atomic mass is 10.1. The lowest BCUT2D eigenvalue weighted by molar-refractivity contribution is -0.138. The molecule has 0 N–H and O–H groups in total. The maximum Gasteiger partial charge on any atom is 0.343 e. The van der Waals surface area contributed by atoms with Gasteiger partial charge in [0.05, 0.1) is 37.6 Å². The fraction of sp³-hybridized carbons (Fsp3) is 0.480. The van der Waals surface area contributed by atoms with Crippen LogP contribution >= 0.6 is 0 Å². The number of unbranched alkanes of at least 4 members (excludes halogenated alkanes) is 18. The second kappa shape index (κ2) is 31.3. The maximum absolute atomic E-state index is 14.9. The predicted molar refractivity (Wildman–Crippen MR) is 235 cm³/mol. The highest BCUT2D eigenvalue weighted by Gasteiger charge is 2.19. The van der Waals surface area contributed by atoms with Crippen molar-refractivity contribution in [2.75, 3.05) is 26.4 Å². The van der Waals surface area contributed by atoms with Crippen molar-refractivity contribution in [1.29, 1.82) is 0 Å². The molecule has 62 heavy (non-hydrogen) atoms. The number of hydrogen-bond acceptors (Lipinski definition) is 10. The van der Waals surface area contributed by atoms with Crippen molar-refractivity contribution in [3.63, 3.8) is 0 Å². The zero-order valence-corrected chi connectivity index (χ0v) is 36.2. The van der Waals surface area contributed by atoms with E-state index in [0.29, 0.717) is 50.1 Å². The SMILES string of the molecule is C=CC(=O)OCCCCCCCCCCCCOc1ccc(C(=O)Oc2cc(F)c(OC(=O)c3ccc(OCCCCCCCCCCCCOC(=O)C=C)cc3)cc2F)cc1. The molecular formula is C50H64F2O10. The van der Waals surface area contributed by atoms with Crippen LogP contribution in [-0.4, -0.2) is 50.3 Å². The summed E-state index contributed by atoms with van der Waals surface area (Å²) < 4.78 is 61.6. The van der Waals surface area contributed by atoms with Crippen LogP contribution in [0.4, 0.5) is 8.78 Å². The van der Waals surface area contributed by atoms with Crippen molar-refractivity contribution in [2.45, 2.75) is 128 Å². The Balaban J connectivity index is 1.25. The highest BCUT2D eigenvalue weighted by atomic mass is 19.1. The molecule has 3 aromatic rings. The quantitative estimate of drug-likeness (QED) is 0.0248. The second-order valence-electron chi connectivity index (χ2n) is 15.1. The Bertz CT molecular complexity index is 1660. The largest absolute Gasteiger partial charge is 0.494 e. The summed E-state index contributed by atoms with van der Waals surface area (Å²) in [6.45, 7) is 8.73. The van der Waals surface area contributed by atoms with Gasteiger partial charge in [-0.05, 0) is 74.2 Å². The molecule has 0 fully saturated rings. The maximum atomic E-state index is 14.9. The minimum Gasteiger partial charge on any atom is -0.494 e. The molecule has 0 aromatic heterocycles. The molecule has 0 saturated heterocycles. The van der Waals surface area contributed by atoms with Gasteiger partial charge in [0.15, 0.2) is 23.1 Å². The summed E-state index contributed by atoms with van der Waals surface area (Å²) in [7, 11) is 0. The van der Waals surface area contributed by atoms with Crippen molar-refractivity contribution < 1.29 is 56.4 Å². The Hall–Kier alpha value is -5.52. The van der Waals surface area contributed by atoms with E-state index in [2.05, 4.69) is 13.2 Å². The van der Waals surface area contributed by atoms with Gasteiger partial charge in [0, 0.05) is 24.3 Å². The zero-order chi connectivity index (χ0) is 44.6. The lowest BCUT2D eigenvalue weighted by Gasteiger charge is -2.11. The van der Waals surface area contributed by atoms with Gasteiger partial charge in [-0.3, -0.25) is 0 Å². The van der Waals surface area contributed by atoms with Crippen molar-refractivity contribution >= 4 is 23.9 Å². The average molecular weight is 863 g/mol. The molecule has 0 amide bonds. The van der Waals surface area contributed by atoms with Gasteiger partial charge < -0.3 is 28.4 Å². The Morgan fingerprint density at radius 1 is 0.419 bits per heavy atom. The summed E-state index contributed by atoms with van der Waals surface area (Å²) in [6.07, 6.45) is 24.1. The van der Waals surface area contributed by atoms with E-state index in [-0.39, 0.29) is 23.1 Å². The summed E-state index contributed by atoms with van der Waals surface area (Å²) >= 11 is 0. The molecule has 0 aliphatic carbocycles. The molecule has 0 bridgehead atoms. The molecule has 0 aliphatic heterocycles. The minimum atomic E-state index is -1.08. The smallest absolute Gasteiger partial charge is 0.343 e. The highest BCUT2D eigenvalue weighted by Crippen LogP contribution is 2.29. The van der Waals surface area contributed by atoms with Gasteiger partial charge >= 0.3 is 23.9 Å². The predicted octanol–water partition coefficient (Wildman–Crippen LogP) is 12.4. The van der Waals surface area contributed by atoms with Crippen LogP contribution < -0.4 is 18.9 Å². The van der Waals surface area contributed by atoms with Gasteiger partial charge in [0.2, 0.25) is 0 Å². The molecule has 338 valence electrons. The Labute approximate surface area is 366 Å². The highest BCUT2D eigenvalue weighted by molar-refractivity contribution is 5.92. The molecule has 0 spiro atoms. The zero-order valence-electron chi connectivity index (χ0n) is 36.2. The average Bonchev–Trinajstić information content (AvgIpc) is 3.28. The fourth-order valence-electron chi connectivity index (χ4n) is 6.44. The van der Waals surface area contributed by atoms with E-state index < -0.39 is 35.1 Å². The first kappa shape index (κ1) is 50.8. The van der Waals surface area contributed by atoms with Crippen molar-refractivity contribution in [3.8, 4) is 23.0 Å². The van der Waals surface area contributed by atoms with Gasteiger partial charge in [0.1, 0.15) is 11.5 Å². The molecule has 0 saturated carbocycles. The molecule has 0 atom stereocenters. The summed E-state index contributed by atoms with van der Waals surface area (Å²) in [5.41, 5.74) is 0.239. The molecule has 3 aromatic carbocycles. The Kier molecular flexibility index (Phi) is 25.7. The normalized spacial score (nSPS) is 10.7. The monoisotopic (exact) mass is 862 g/mol. The molecule has 0 heterocycles. The molecule has 12 heteroatoms. The lowest BCUT2D eigenvalue weighted by Crippen LogP contribution is -2.12. The first-order chi connectivity index (χ1) is 30.2. The van der Waals surface area contributed by atoms with Crippen LogP contribution in [0.1, 0.15) is 149 Å². The molecule has 0 unspecified atom stereocenters. The molecule has 10 nitrogen and oxygen atoms in total. The summed E-state index contributed by atoms with van der Waals surface area (Å²) in [4.78, 5) is 47.4. The van der Waals surface area contributed by atoms with Crippen LogP contribution in [0.3, 0.4) is 0 Å². The van der Waals surface area contributed by atoms with Crippen LogP contribution in [0.15, 0.2) is 86.0 Å². The van der Waals surface area contributed by atoms with E-state index in [1.165, 1.54) is 87.8 Å². The molecular weight excluding hydrogens is 799 g/mol. The van der Waals surface area contributed by atoms with E-state index in [1.807, 2.05) is 0 Å². The van der Waals surface area contributed by atoms with Crippen LogP contribution in [0, 0.1) is 11.6 Å². The number of halogens is 2. The Morgan fingerprint density at radius 2 is 0.694 bits per heavy atom. The number of rotatable bonds is 34. The van der Waals surface area contributed by atoms with Gasteiger partial charge in [-0.25, -0.2) is 28.0 Å². The van der Waals surface area contributed by atoms with Crippen LogP contribution in [0.25, 0.3) is 0 Å². The van der Waals surface area contributed by atoms with E-state index >= 15 is 0 Å². The summed E-state index contributed by atoms with van der Waals surface area (Å²) in [6, 6.07) is 13.7. The summed E-state index contributed by atoms with van der Waals surface area (Å²) in [5.74, 6) is -4.82. The van der Waals surface area contributed by atoms with Gasteiger partial charge in [-0.1, -0.05) is 116 Å². The third kappa shape index (κ3) is 21.8. The number of benzene rings is 3. The molecule has 0 aliphatic rings. The number of carbonyl (C=O) groups excluding carboxylic acids is 4.